The minimum Gasteiger partial charge on any atom is -0.492 e. The Bertz CT molecular complexity index is 676. The van der Waals surface area contributed by atoms with E-state index in [1.54, 1.807) is 11.3 Å². The fourth-order valence-electron chi connectivity index (χ4n) is 2.53. The zero-order chi connectivity index (χ0) is 18.8. The van der Waals surface area contributed by atoms with Crippen LogP contribution in [0.3, 0.4) is 0 Å². The van der Waals surface area contributed by atoms with Gasteiger partial charge in [-0.15, -0.1) is 35.3 Å². The average molecular weight is 502 g/mol. The summed E-state index contributed by atoms with van der Waals surface area (Å²) in [6, 6.07) is 12.4. The molecule has 1 N–H and O–H groups in total. The Kier molecular flexibility index (Phi) is 11.4. The lowest BCUT2D eigenvalue weighted by Crippen LogP contribution is -2.39. The van der Waals surface area contributed by atoms with Crippen LogP contribution >= 0.6 is 35.3 Å². The molecular formula is C20H31IN4OS. The number of guanidine groups is 1. The standard InChI is InChI=1S/C20H30N4OS.HI/c1-21-20(24(4)12-11-18-9-7-15-26-18)22-16-17-8-5-6-10-19(17)25-14-13-23(2)3;/h5-10,15H,11-14,16H2,1-4H3,(H,21,22);1H. The first-order valence-electron chi connectivity index (χ1n) is 8.89. The quantitative estimate of drug-likeness (QED) is 0.324. The van der Waals surface area contributed by atoms with Gasteiger partial charge < -0.3 is 19.9 Å². The third kappa shape index (κ3) is 8.49. The van der Waals surface area contributed by atoms with E-state index in [4.69, 9.17) is 4.74 Å². The average Bonchev–Trinajstić information content (AvgIpc) is 3.15. The minimum absolute atomic E-state index is 0. The van der Waals surface area contributed by atoms with E-state index in [0.29, 0.717) is 13.2 Å². The van der Waals surface area contributed by atoms with E-state index >= 15 is 0 Å². The third-order valence-electron chi connectivity index (χ3n) is 4.05. The van der Waals surface area contributed by atoms with E-state index in [-0.39, 0.29) is 24.0 Å². The van der Waals surface area contributed by atoms with Gasteiger partial charge in [-0.1, -0.05) is 24.3 Å². The van der Waals surface area contributed by atoms with Crippen LogP contribution in [0.2, 0.25) is 0 Å². The number of ether oxygens (including phenoxy) is 1. The molecule has 1 heterocycles. The van der Waals surface area contributed by atoms with Gasteiger partial charge in [0.25, 0.3) is 0 Å². The number of para-hydroxylation sites is 1. The lowest BCUT2D eigenvalue weighted by Gasteiger charge is -2.22. The monoisotopic (exact) mass is 502 g/mol. The highest BCUT2D eigenvalue weighted by Gasteiger charge is 2.09. The summed E-state index contributed by atoms with van der Waals surface area (Å²) in [5.74, 6) is 1.82. The molecule has 0 aliphatic carbocycles. The van der Waals surface area contributed by atoms with Crippen LogP contribution in [-0.2, 0) is 13.0 Å². The molecule has 7 heteroatoms. The zero-order valence-corrected chi connectivity index (χ0v) is 19.8. The van der Waals surface area contributed by atoms with Crippen LogP contribution in [0.5, 0.6) is 5.75 Å². The Balaban J connectivity index is 0.00000364. The smallest absolute Gasteiger partial charge is 0.193 e. The van der Waals surface area contributed by atoms with E-state index in [0.717, 1.165) is 36.8 Å². The van der Waals surface area contributed by atoms with Gasteiger partial charge in [0.2, 0.25) is 0 Å². The van der Waals surface area contributed by atoms with Crippen molar-refractivity contribution in [2.24, 2.45) is 4.99 Å². The van der Waals surface area contributed by atoms with Crippen molar-refractivity contribution in [3.05, 3.63) is 52.2 Å². The van der Waals surface area contributed by atoms with Crippen molar-refractivity contribution >= 4 is 41.3 Å². The van der Waals surface area contributed by atoms with Crippen molar-refractivity contribution in [2.75, 3.05) is 47.9 Å². The summed E-state index contributed by atoms with van der Waals surface area (Å²) in [7, 11) is 7.99. The second-order valence-corrected chi connectivity index (χ2v) is 7.44. The predicted molar refractivity (Wildman–Crippen MR) is 127 cm³/mol. The summed E-state index contributed by atoms with van der Waals surface area (Å²) < 4.78 is 5.94. The number of nitrogens with zero attached hydrogens (tertiary/aromatic N) is 3. The first-order valence-corrected chi connectivity index (χ1v) is 9.77. The first kappa shape index (κ1) is 23.7. The van der Waals surface area contributed by atoms with E-state index in [1.807, 2.05) is 39.3 Å². The van der Waals surface area contributed by atoms with Gasteiger partial charge in [-0.2, -0.15) is 0 Å². The lowest BCUT2D eigenvalue weighted by atomic mass is 10.2. The molecule has 5 nitrogen and oxygen atoms in total. The topological polar surface area (TPSA) is 40.1 Å². The Hall–Kier alpha value is -1.32. The fraction of sp³-hybridized carbons (Fsp3) is 0.450. The summed E-state index contributed by atoms with van der Waals surface area (Å²) in [4.78, 5) is 10.1. The fourth-order valence-corrected chi connectivity index (χ4v) is 3.22. The van der Waals surface area contributed by atoms with Gasteiger partial charge in [-0.3, -0.25) is 4.99 Å². The molecule has 2 aromatic rings. The number of aliphatic imine (C=N–C) groups is 1. The highest BCUT2D eigenvalue weighted by molar-refractivity contribution is 14.0. The van der Waals surface area contributed by atoms with Crippen LogP contribution in [0.15, 0.2) is 46.8 Å². The molecule has 0 saturated heterocycles. The molecule has 27 heavy (non-hydrogen) atoms. The predicted octanol–water partition coefficient (Wildman–Crippen LogP) is 3.56. The lowest BCUT2D eigenvalue weighted by molar-refractivity contribution is 0.259. The van der Waals surface area contributed by atoms with Gasteiger partial charge in [0.1, 0.15) is 12.4 Å². The summed E-state index contributed by atoms with van der Waals surface area (Å²) in [5.41, 5.74) is 1.14. The van der Waals surface area contributed by atoms with Gasteiger partial charge in [0, 0.05) is 44.2 Å². The highest BCUT2D eigenvalue weighted by atomic mass is 127. The molecule has 1 aromatic heterocycles. The first-order chi connectivity index (χ1) is 12.6. The van der Waals surface area contributed by atoms with E-state index in [1.165, 1.54) is 4.88 Å². The summed E-state index contributed by atoms with van der Waals surface area (Å²) >= 11 is 1.80. The Morgan fingerprint density at radius 1 is 1.11 bits per heavy atom. The second-order valence-electron chi connectivity index (χ2n) is 6.41. The largest absolute Gasteiger partial charge is 0.492 e. The number of hydrogen-bond acceptors (Lipinski definition) is 4. The van der Waals surface area contributed by atoms with Crippen molar-refractivity contribution in [1.82, 2.24) is 15.1 Å². The Labute approximate surface area is 184 Å². The van der Waals surface area contributed by atoms with Crippen LogP contribution in [0.4, 0.5) is 0 Å². The van der Waals surface area contributed by atoms with Crippen LogP contribution in [0, 0.1) is 0 Å². The van der Waals surface area contributed by atoms with Crippen LogP contribution in [0.25, 0.3) is 0 Å². The molecule has 0 unspecified atom stereocenters. The molecule has 0 bridgehead atoms. The van der Waals surface area contributed by atoms with E-state index < -0.39 is 0 Å². The SMILES string of the molecule is CN=C(NCc1ccccc1OCCN(C)C)N(C)CCc1cccs1.I. The molecule has 0 atom stereocenters. The van der Waals surface area contributed by atoms with Crippen molar-refractivity contribution in [3.63, 3.8) is 0 Å². The molecule has 0 amide bonds. The number of thiophene rings is 1. The van der Waals surface area contributed by atoms with Crippen LogP contribution < -0.4 is 10.1 Å². The Morgan fingerprint density at radius 2 is 1.89 bits per heavy atom. The molecule has 0 fully saturated rings. The molecular weight excluding hydrogens is 471 g/mol. The molecule has 1 aromatic carbocycles. The summed E-state index contributed by atoms with van der Waals surface area (Å²) in [6.45, 7) is 3.20. The van der Waals surface area contributed by atoms with E-state index in [9.17, 15) is 0 Å². The maximum absolute atomic E-state index is 5.94. The van der Waals surface area contributed by atoms with Crippen LogP contribution in [-0.4, -0.2) is 63.6 Å². The van der Waals surface area contributed by atoms with Gasteiger partial charge in [-0.25, -0.2) is 0 Å². The molecule has 150 valence electrons. The minimum atomic E-state index is 0. The van der Waals surface area contributed by atoms with Gasteiger partial charge in [0.05, 0.1) is 0 Å². The number of benzene rings is 1. The number of likely N-dealkylation sites (N-methyl/N-ethyl adjacent to an activating group) is 2. The molecule has 2 rings (SSSR count). The maximum Gasteiger partial charge on any atom is 0.193 e. The summed E-state index contributed by atoms with van der Waals surface area (Å²) in [6.07, 6.45) is 1.03. The second kappa shape index (κ2) is 13.0. The normalized spacial score (nSPS) is 11.2. The zero-order valence-electron chi connectivity index (χ0n) is 16.6. The molecule has 0 aliphatic heterocycles. The number of halogens is 1. The number of hydrogen-bond donors (Lipinski definition) is 1. The van der Waals surface area contributed by atoms with Crippen LogP contribution in [0.1, 0.15) is 10.4 Å². The summed E-state index contributed by atoms with van der Waals surface area (Å²) in [5, 5.41) is 5.56. The van der Waals surface area contributed by atoms with Gasteiger partial charge in [-0.05, 0) is 38.0 Å². The van der Waals surface area contributed by atoms with Crippen molar-refractivity contribution in [1.29, 1.82) is 0 Å². The maximum atomic E-state index is 5.94. The molecule has 0 saturated carbocycles. The van der Waals surface area contributed by atoms with Crippen molar-refractivity contribution in [3.8, 4) is 5.75 Å². The molecule has 0 radical (unpaired) electrons. The van der Waals surface area contributed by atoms with E-state index in [2.05, 4.69) is 50.7 Å². The Morgan fingerprint density at radius 3 is 2.56 bits per heavy atom. The molecule has 0 spiro atoms. The number of nitrogens with one attached hydrogen (secondary N) is 1. The van der Waals surface area contributed by atoms with Crippen molar-refractivity contribution < 1.29 is 4.74 Å². The number of rotatable bonds is 9. The van der Waals surface area contributed by atoms with Gasteiger partial charge >= 0.3 is 0 Å². The van der Waals surface area contributed by atoms with Crippen molar-refractivity contribution in [2.45, 2.75) is 13.0 Å². The third-order valence-corrected chi connectivity index (χ3v) is 4.99. The molecule has 0 aliphatic rings. The highest BCUT2D eigenvalue weighted by Crippen LogP contribution is 2.17. The van der Waals surface area contributed by atoms with Gasteiger partial charge in [0.15, 0.2) is 5.96 Å².